The molecule has 0 spiro atoms. The quantitative estimate of drug-likeness (QED) is 0.614. The van der Waals surface area contributed by atoms with Crippen LogP contribution in [0, 0.1) is 6.92 Å². The van der Waals surface area contributed by atoms with E-state index in [-0.39, 0.29) is 5.91 Å². The molecule has 3 rings (SSSR count). The minimum Gasteiger partial charge on any atom is -0.361 e. The molecule has 0 saturated carbocycles. The van der Waals surface area contributed by atoms with Gasteiger partial charge in [-0.2, -0.15) is 0 Å². The van der Waals surface area contributed by atoms with Crippen molar-refractivity contribution >= 4 is 23.4 Å². The summed E-state index contributed by atoms with van der Waals surface area (Å²) in [5.74, 6) is 0.952. The number of quaternary nitrogens is 2. The van der Waals surface area contributed by atoms with Crippen molar-refractivity contribution in [1.82, 2.24) is 5.16 Å². The number of carbonyl (C=O) groups excluding carboxylic acids is 1. The highest BCUT2D eigenvalue weighted by atomic mass is 32.2. The molecule has 1 fully saturated rings. The molecule has 0 aliphatic carbocycles. The summed E-state index contributed by atoms with van der Waals surface area (Å²) >= 11 is 1.65. The number of hydrogen-bond acceptors (Lipinski definition) is 4. The molecule has 3 N–H and O–H groups in total. The number of hydrogen-bond donors (Lipinski definition) is 3. The van der Waals surface area contributed by atoms with E-state index in [1.807, 2.05) is 43.5 Å². The van der Waals surface area contributed by atoms with Crippen LogP contribution in [0.15, 0.2) is 39.8 Å². The van der Waals surface area contributed by atoms with Gasteiger partial charge >= 0.3 is 0 Å². The molecular weight excluding hydrogens is 336 g/mol. The van der Waals surface area contributed by atoms with Gasteiger partial charge in [-0.3, -0.25) is 4.79 Å². The Morgan fingerprint density at radius 3 is 2.64 bits per heavy atom. The van der Waals surface area contributed by atoms with Gasteiger partial charge in [-0.25, -0.2) is 0 Å². The SMILES string of the molecule is CSc1ccccc1NC(=O)C[NH+]1CC[NH+](Cc2cc(C)on2)CC1. The molecule has 0 atom stereocenters. The Kier molecular flexibility index (Phi) is 6.12. The van der Waals surface area contributed by atoms with Crippen LogP contribution < -0.4 is 15.1 Å². The van der Waals surface area contributed by atoms with E-state index in [1.54, 1.807) is 11.8 Å². The third-order valence-corrected chi connectivity index (χ3v) is 5.36. The Morgan fingerprint density at radius 2 is 1.96 bits per heavy atom. The molecule has 2 heterocycles. The molecule has 1 aliphatic rings. The minimum atomic E-state index is 0.0899. The summed E-state index contributed by atoms with van der Waals surface area (Å²) < 4.78 is 5.13. The molecule has 0 bridgehead atoms. The molecule has 25 heavy (non-hydrogen) atoms. The molecule has 1 aromatic heterocycles. The van der Waals surface area contributed by atoms with E-state index in [2.05, 4.69) is 10.5 Å². The number of amides is 1. The average molecular weight is 362 g/mol. The van der Waals surface area contributed by atoms with E-state index in [9.17, 15) is 4.79 Å². The smallest absolute Gasteiger partial charge is 0.279 e. The lowest BCUT2D eigenvalue weighted by Crippen LogP contribution is -3.28. The molecule has 6 nitrogen and oxygen atoms in total. The van der Waals surface area contributed by atoms with Gasteiger partial charge in [-0.15, -0.1) is 11.8 Å². The van der Waals surface area contributed by atoms with Crippen LogP contribution in [-0.4, -0.2) is 50.0 Å². The summed E-state index contributed by atoms with van der Waals surface area (Å²) in [5.41, 5.74) is 1.92. The molecule has 1 amide bonds. The number of thioether (sulfide) groups is 1. The standard InChI is InChI=1S/C18H24N4O2S/c1-14-11-15(20-24-14)12-21-7-9-22(10-8-21)13-18(23)19-16-5-3-4-6-17(16)25-2/h3-6,11H,7-10,12-13H2,1-2H3,(H,19,23)/p+2. The van der Waals surface area contributed by atoms with Crippen molar-refractivity contribution in [2.24, 2.45) is 0 Å². The van der Waals surface area contributed by atoms with E-state index >= 15 is 0 Å². The van der Waals surface area contributed by atoms with Crippen LogP contribution in [-0.2, 0) is 11.3 Å². The highest BCUT2D eigenvalue weighted by Gasteiger charge is 2.25. The monoisotopic (exact) mass is 362 g/mol. The Hall–Kier alpha value is -1.83. The lowest BCUT2D eigenvalue weighted by Gasteiger charge is -2.28. The van der Waals surface area contributed by atoms with Gasteiger partial charge in [0, 0.05) is 11.0 Å². The number of benzene rings is 1. The van der Waals surface area contributed by atoms with Crippen molar-refractivity contribution in [3.05, 3.63) is 41.8 Å². The molecule has 0 unspecified atom stereocenters. The molecule has 1 aliphatic heterocycles. The van der Waals surface area contributed by atoms with Crippen LogP contribution in [0.5, 0.6) is 0 Å². The second kappa shape index (κ2) is 8.51. The molecule has 134 valence electrons. The topological polar surface area (TPSA) is 64.0 Å². The number of anilines is 1. The zero-order valence-corrected chi connectivity index (χ0v) is 15.6. The van der Waals surface area contributed by atoms with E-state index in [4.69, 9.17) is 4.52 Å². The van der Waals surface area contributed by atoms with E-state index in [0.29, 0.717) is 6.54 Å². The van der Waals surface area contributed by atoms with Crippen molar-refractivity contribution in [3.8, 4) is 0 Å². The van der Waals surface area contributed by atoms with Gasteiger partial charge < -0.3 is 19.6 Å². The predicted octanol–water partition coefficient (Wildman–Crippen LogP) is -0.373. The Morgan fingerprint density at radius 1 is 1.24 bits per heavy atom. The third-order valence-electron chi connectivity index (χ3n) is 4.56. The zero-order chi connectivity index (χ0) is 17.6. The fraction of sp³-hybridized carbons (Fsp3) is 0.444. The van der Waals surface area contributed by atoms with Gasteiger partial charge in [0.15, 0.2) is 6.54 Å². The lowest BCUT2D eigenvalue weighted by molar-refractivity contribution is -1.02. The van der Waals surface area contributed by atoms with Crippen LogP contribution >= 0.6 is 11.8 Å². The van der Waals surface area contributed by atoms with Crippen LogP contribution in [0.3, 0.4) is 0 Å². The maximum Gasteiger partial charge on any atom is 0.279 e. The van der Waals surface area contributed by atoms with Crippen molar-refractivity contribution in [2.45, 2.75) is 18.4 Å². The Labute approximate surface area is 152 Å². The number of nitrogens with zero attached hydrogens (tertiary/aromatic N) is 1. The normalized spacial score (nSPS) is 20.4. The molecule has 7 heteroatoms. The molecule has 1 aromatic carbocycles. The second-order valence-corrected chi connectivity index (χ2v) is 7.38. The van der Waals surface area contributed by atoms with Crippen molar-refractivity contribution in [2.75, 3.05) is 44.3 Å². The number of nitrogens with one attached hydrogen (secondary N) is 3. The zero-order valence-electron chi connectivity index (χ0n) is 14.8. The first-order valence-electron chi connectivity index (χ1n) is 8.66. The average Bonchev–Trinajstić information content (AvgIpc) is 3.02. The number of aryl methyl sites for hydroxylation is 1. The Bertz CT molecular complexity index is 711. The van der Waals surface area contributed by atoms with Crippen LogP contribution in [0.1, 0.15) is 11.5 Å². The molecule has 0 radical (unpaired) electrons. The van der Waals surface area contributed by atoms with Crippen molar-refractivity contribution in [3.63, 3.8) is 0 Å². The number of carbonyl (C=O) groups is 1. The largest absolute Gasteiger partial charge is 0.361 e. The number of rotatable bonds is 6. The molecule has 2 aromatic rings. The highest BCUT2D eigenvalue weighted by Crippen LogP contribution is 2.24. The van der Waals surface area contributed by atoms with E-state index < -0.39 is 0 Å². The Balaban J connectivity index is 1.44. The number of piperazine rings is 1. The summed E-state index contributed by atoms with van der Waals surface area (Å²) in [5, 5.41) is 7.12. The summed E-state index contributed by atoms with van der Waals surface area (Å²) in [6.45, 7) is 7.46. The maximum absolute atomic E-state index is 12.4. The van der Waals surface area contributed by atoms with Crippen LogP contribution in [0.25, 0.3) is 0 Å². The minimum absolute atomic E-state index is 0.0899. The van der Waals surface area contributed by atoms with Gasteiger partial charge in [0.2, 0.25) is 0 Å². The van der Waals surface area contributed by atoms with E-state index in [1.165, 1.54) is 9.80 Å². The van der Waals surface area contributed by atoms with Gasteiger partial charge in [-0.05, 0) is 25.3 Å². The lowest BCUT2D eigenvalue weighted by atomic mass is 10.2. The second-order valence-electron chi connectivity index (χ2n) is 6.53. The fourth-order valence-corrected chi connectivity index (χ4v) is 3.79. The van der Waals surface area contributed by atoms with E-state index in [0.717, 1.165) is 54.8 Å². The first kappa shape index (κ1) is 18.0. The highest BCUT2D eigenvalue weighted by molar-refractivity contribution is 7.98. The van der Waals surface area contributed by atoms with Crippen molar-refractivity contribution in [1.29, 1.82) is 0 Å². The summed E-state index contributed by atoms with van der Waals surface area (Å²) in [4.78, 5) is 16.3. The third kappa shape index (κ3) is 5.07. The van der Waals surface area contributed by atoms with Crippen LogP contribution in [0.2, 0.25) is 0 Å². The number of aromatic nitrogens is 1. The van der Waals surface area contributed by atoms with Gasteiger partial charge in [-0.1, -0.05) is 17.3 Å². The van der Waals surface area contributed by atoms with Crippen molar-refractivity contribution < 1.29 is 19.1 Å². The fourth-order valence-electron chi connectivity index (χ4n) is 3.24. The van der Waals surface area contributed by atoms with Crippen LogP contribution in [0.4, 0.5) is 5.69 Å². The van der Waals surface area contributed by atoms with Gasteiger partial charge in [0.1, 0.15) is 44.2 Å². The molecular formula is C18H26N4O2S+2. The summed E-state index contributed by atoms with van der Waals surface area (Å²) in [6, 6.07) is 9.94. The predicted molar refractivity (Wildman–Crippen MR) is 98.1 cm³/mol. The van der Waals surface area contributed by atoms with Gasteiger partial charge in [0.25, 0.3) is 5.91 Å². The number of para-hydroxylation sites is 1. The van der Waals surface area contributed by atoms with Gasteiger partial charge in [0.05, 0.1) is 5.69 Å². The summed E-state index contributed by atoms with van der Waals surface area (Å²) in [6.07, 6.45) is 2.02. The maximum atomic E-state index is 12.4. The molecule has 1 saturated heterocycles. The first-order chi connectivity index (χ1) is 12.1. The first-order valence-corrected chi connectivity index (χ1v) is 9.88. The summed E-state index contributed by atoms with van der Waals surface area (Å²) in [7, 11) is 0.